The number of hydrogen-bond donors (Lipinski definition) is 2. The van der Waals surface area contributed by atoms with Crippen LogP contribution < -0.4 is 5.73 Å². The van der Waals surface area contributed by atoms with E-state index in [1.807, 2.05) is 6.92 Å². The first-order valence-corrected chi connectivity index (χ1v) is 4.77. The van der Waals surface area contributed by atoms with E-state index < -0.39 is 4.92 Å². The number of aliphatic hydroxyl groups is 1. The van der Waals surface area contributed by atoms with Gasteiger partial charge in [-0.25, -0.2) is 0 Å². The molecule has 3 N–H and O–H groups in total. The maximum atomic E-state index is 10.8. The molecule has 0 aromatic heterocycles. The van der Waals surface area contributed by atoms with Gasteiger partial charge in [0.1, 0.15) is 5.69 Å². The van der Waals surface area contributed by atoms with Crippen molar-refractivity contribution in [3.63, 3.8) is 0 Å². The van der Waals surface area contributed by atoms with Crippen LogP contribution in [0.3, 0.4) is 0 Å². The van der Waals surface area contributed by atoms with Gasteiger partial charge in [-0.15, -0.1) is 0 Å². The molecule has 5 heteroatoms. The Kier molecular flexibility index (Phi) is 3.62. The van der Waals surface area contributed by atoms with E-state index in [4.69, 9.17) is 10.8 Å². The summed E-state index contributed by atoms with van der Waals surface area (Å²) in [6.07, 6.45) is 0.913. The van der Waals surface area contributed by atoms with Crippen LogP contribution in [0, 0.1) is 10.1 Å². The fourth-order valence-corrected chi connectivity index (χ4v) is 1.54. The summed E-state index contributed by atoms with van der Waals surface area (Å²) in [5.41, 5.74) is 7.10. The third-order valence-corrected chi connectivity index (χ3v) is 2.34. The van der Waals surface area contributed by atoms with Gasteiger partial charge in [-0.05, 0) is 12.0 Å². The van der Waals surface area contributed by atoms with Crippen LogP contribution in [-0.2, 0) is 12.8 Å². The van der Waals surface area contributed by atoms with Crippen LogP contribution in [0.2, 0.25) is 0 Å². The van der Waals surface area contributed by atoms with Crippen molar-refractivity contribution in [3.8, 4) is 0 Å². The number of nitrogen functional groups attached to an aromatic ring is 1. The van der Waals surface area contributed by atoms with E-state index in [0.29, 0.717) is 12.0 Å². The lowest BCUT2D eigenvalue weighted by molar-refractivity contribution is -0.384. The van der Waals surface area contributed by atoms with Gasteiger partial charge in [0.05, 0.1) is 4.92 Å². The van der Waals surface area contributed by atoms with Crippen molar-refractivity contribution in [3.05, 3.63) is 33.4 Å². The number of nitrogens with zero attached hydrogens (tertiary/aromatic N) is 1. The molecule has 0 saturated heterocycles. The number of nitrogens with two attached hydrogens (primary N) is 1. The van der Waals surface area contributed by atoms with Crippen LogP contribution in [0.5, 0.6) is 0 Å². The van der Waals surface area contributed by atoms with Crippen molar-refractivity contribution in [2.45, 2.75) is 19.8 Å². The van der Waals surface area contributed by atoms with Gasteiger partial charge in [0.2, 0.25) is 0 Å². The predicted octanol–water partition coefficient (Wildman–Crippen LogP) is 1.27. The van der Waals surface area contributed by atoms with Crippen molar-refractivity contribution in [1.82, 2.24) is 0 Å². The fourth-order valence-electron chi connectivity index (χ4n) is 1.54. The Labute approximate surface area is 87.7 Å². The summed E-state index contributed by atoms with van der Waals surface area (Å²) < 4.78 is 0. The van der Waals surface area contributed by atoms with Gasteiger partial charge in [0, 0.05) is 18.6 Å². The highest BCUT2D eigenvalue weighted by atomic mass is 16.6. The standard InChI is InChI=1S/C10H14N2O3/c1-2-7-3-4-8(5-6-13)10(9(7)11)12(14)15/h3-4,13H,2,5-6,11H2,1H3. The number of benzene rings is 1. The zero-order chi connectivity index (χ0) is 11.4. The second-order valence-corrected chi connectivity index (χ2v) is 3.23. The van der Waals surface area contributed by atoms with E-state index in [-0.39, 0.29) is 24.4 Å². The van der Waals surface area contributed by atoms with E-state index in [0.717, 1.165) is 5.56 Å². The number of hydrogen-bond acceptors (Lipinski definition) is 4. The Hall–Kier alpha value is -1.62. The Morgan fingerprint density at radius 2 is 2.07 bits per heavy atom. The molecule has 5 nitrogen and oxygen atoms in total. The van der Waals surface area contributed by atoms with Gasteiger partial charge < -0.3 is 10.8 Å². The first-order chi connectivity index (χ1) is 7.11. The molecule has 0 saturated carbocycles. The SMILES string of the molecule is CCc1ccc(CCO)c([N+](=O)[O-])c1N. The molecule has 0 aliphatic heterocycles. The third-order valence-electron chi connectivity index (χ3n) is 2.34. The van der Waals surface area contributed by atoms with Gasteiger partial charge >= 0.3 is 0 Å². The number of nitro benzene ring substituents is 1. The zero-order valence-electron chi connectivity index (χ0n) is 8.56. The minimum absolute atomic E-state index is 0.0663. The molecule has 0 unspecified atom stereocenters. The quantitative estimate of drug-likeness (QED) is 0.445. The van der Waals surface area contributed by atoms with E-state index in [1.165, 1.54) is 0 Å². The maximum absolute atomic E-state index is 10.8. The minimum atomic E-state index is -0.487. The molecule has 0 spiro atoms. The highest BCUT2D eigenvalue weighted by molar-refractivity contribution is 5.67. The van der Waals surface area contributed by atoms with Crippen molar-refractivity contribution in [2.24, 2.45) is 0 Å². The molecule has 0 atom stereocenters. The highest BCUT2D eigenvalue weighted by Gasteiger charge is 2.19. The molecule has 0 aliphatic rings. The number of aliphatic hydroxyl groups excluding tert-OH is 1. The second-order valence-electron chi connectivity index (χ2n) is 3.23. The summed E-state index contributed by atoms with van der Waals surface area (Å²) in [5, 5.41) is 19.6. The van der Waals surface area contributed by atoms with E-state index >= 15 is 0 Å². The lowest BCUT2D eigenvalue weighted by Gasteiger charge is -2.07. The average molecular weight is 210 g/mol. The molecule has 15 heavy (non-hydrogen) atoms. The lowest BCUT2D eigenvalue weighted by Crippen LogP contribution is -2.05. The normalized spacial score (nSPS) is 10.3. The minimum Gasteiger partial charge on any atom is -0.396 e. The first-order valence-electron chi connectivity index (χ1n) is 4.77. The Morgan fingerprint density at radius 1 is 1.47 bits per heavy atom. The van der Waals surface area contributed by atoms with Crippen LogP contribution in [-0.4, -0.2) is 16.6 Å². The number of rotatable bonds is 4. The third kappa shape index (κ3) is 2.24. The molecule has 0 heterocycles. The second kappa shape index (κ2) is 4.75. The molecule has 0 fully saturated rings. The molecule has 0 bridgehead atoms. The summed E-state index contributed by atoms with van der Waals surface area (Å²) in [7, 11) is 0. The van der Waals surface area contributed by atoms with Gasteiger partial charge in [0.15, 0.2) is 0 Å². The molecule has 0 radical (unpaired) electrons. The van der Waals surface area contributed by atoms with Crippen LogP contribution in [0.1, 0.15) is 18.1 Å². The molecule has 0 aliphatic carbocycles. The van der Waals surface area contributed by atoms with Gasteiger partial charge in [-0.2, -0.15) is 0 Å². The molecular formula is C10H14N2O3. The summed E-state index contributed by atoms with van der Waals surface area (Å²) in [6.45, 7) is 1.77. The van der Waals surface area contributed by atoms with Crippen molar-refractivity contribution >= 4 is 11.4 Å². The smallest absolute Gasteiger partial charge is 0.295 e. The topological polar surface area (TPSA) is 89.4 Å². The summed E-state index contributed by atoms with van der Waals surface area (Å²) in [4.78, 5) is 10.3. The molecule has 1 rings (SSSR count). The lowest BCUT2D eigenvalue weighted by atomic mass is 10.0. The number of aryl methyl sites for hydroxylation is 1. The largest absolute Gasteiger partial charge is 0.396 e. The molecule has 1 aromatic carbocycles. The number of nitro groups is 1. The van der Waals surface area contributed by atoms with Gasteiger partial charge in [0.25, 0.3) is 5.69 Å². The van der Waals surface area contributed by atoms with Crippen molar-refractivity contribution in [1.29, 1.82) is 0 Å². The first kappa shape index (κ1) is 11.5. The van der Waals surface area contributed by atoms with Crippen molar-refractivity contribution < 1.29 is 10.0 Å². The van der Waals surface area contributed by atoms with Crippen LogP contribution in [0.25, 0.3) is 0 Å². The molecular weight excluding hydrogens is 196 g/mol. The highest BCUT2D eigenvalue weighted by Crippen LogP contribution is 2.30. The van der Waals surface area contributed by atoms with E-state index in [1.54, 1.807) is 12.1 Å². The maximum Gasteiger partial charge on any atom is 0.295 e. The summed E-state index contributed by atoms with van der Waals surface area (Å²) in [5.74, 6) is 0. The van der Waals surface area contributed by atoms with Crippen LogP contribution in [0.15, 0.2) is 12.1 Å². The Morgan fingerprint density at radius 3 is 2.53 bits per heavy atom. The summed E-state index contributed by atoms with van der Waals surface area (Å²) in [6, 6.07) is 3.43. The van der Waals surface area contributed by atoms with Crippen LogP contribution >= 0.6 is 0 Å². The summed E-state index contributed by atoms with van der Waals surface area (Å²) >= 11 is 0. The fraction of sp³-hybridized carbons (Fsp3) is 0.400. The average Bonchev–Trinajstić information content (AvgIpc) is 2.18. The molecule has 82 valence electrons. The molecule has 1 aromatic rings. The predicted molar refractivity (Wildman–Crippen MR) is 57.7 cm³/mol. The van der Waals surface area contributed by atoms with Crippen molar-refractivity contribution in [2.75, 3.05) is 12.3 Å². The Bertz CT molecular complexity index is 377. The molecule has 0 amide bonds. The van der Waals surface area contributed by atoms with E-state index in [9.17, 15) is 10.1 Å². The van der Waals surface area contributed by atoms with Gasteiger partial charge in [-0.3, -0.25) is 10.1 Å². The zero-order valence-corrected chi connectivity index (χ0v) is 8.56. The van der Waals surface area contributed by atoms with Gasteiger partial charge in [-0.1, -0.05) is 19.1 Å². The number of anilines is 1. The monoisotopic (exact) mass is 210 g/mol. The van der Waals surface area contributed by atoms with E-state index in [2.05, 4.69) is 0 Å². The Balaban J connectivity index is 3.30. The van der Waals surface area contributed by atoms with Crippen LogP contribution in [0.4, 0.5) is 11.4 Å².